The number of aromatic nitrogens is 2. The molecule has 1 aromatic heterocycles. The minimum absolute atomic E-state index is 0.334. The van der Waals surface area contributed by atoms with Gasteiger partial charge in [-0.25, -0.2) is 0 Å². The number of rotatable bonds is 4. The summed E-state index contributed by atoms with van der Waals surface area (Å²) in [6.07, 6.45) is 1.17. The van der Waals surface area contributed by atoms with Crippen LogP contribution in [0.3, 0.4) is 0 Å². The average molecular weight is 285 g/mol. The molecule has 2 N–H and O–H groups in total. The van der Waals surface area contributed by atoms with E-state index in [9.17, 15) is 0 Å². The fourth-order valence-corrected chi connectivity index (χ4v) is 2.92. The molecule has 0 amide bonds. The molecule has 3 rings (SSSR count). The van der Waals surface area contributed by atoms with Crippen molar-refractivity contribution in [3.8, 4) is 16.9 Å². The van der Waals surface area contributed by atoms with Crippen LogP contribution >= 0.6 is 0 Å². The third-order valence-electron chi connectivity index (χ3n) is 4.42. The second-order valence-corrected chi connectivity index (χ2v) is 6.47. The summed E-state index contributed by atoms with van der Waals surface area (Å²) in [6, 6.07) is 8.12. The number of hydrogen-bond donors (Lipinski definition) is 1. The zero-order valence-corrected chi connectivity index (χ0v) is 13.2. The third-order valence-corrected chi connectivity index (χ3v) is 4.42. The van der Waals surface area contributed by atoms with Gasteiger partial charge in [0.05, 0.1) is 12.3 Å². The van der Waals surface area contributed by atoms with Crippen LogP contribution in [0.5, 0.6) is 5.75 Å². The molecule has 1 saturated carbocycles. The van der Waals surface area contributed by atoms with E-state index in [1.54, 1.807) is 4.68 Å². The summed E-state index contributed by atoms with van der Waals surface area (Å²) in [5.74, 6) is 2.12. The lowest BCUT2D eigenvalue weighted by Gasteiger charge is -2.07. The van der Waals surface area contributed by atoms with Gasteiger partial charge in [0.25, 0.3) is 0 Å². The van der Waals surface area contributed by atoms with E-state index in [2.05, 4.69) is 31.1 Å². The number of nitrogens with zero attached hydrogens (tertiary/aromatic N) is 2. The normalized spacial score (nSPS) is 19.5. The first-order valence-electron chi connectivity index (χ1n) is 7.49. The standard InChI is InChI=1S/C17H23N3O/c1-5-21-12-8-6-11(7-9-12)14-15(13-10-17(13,2)3)19-20(4)16(14)18/h6-9,13H,5,10,18H2,1-4H3. The van der Waals surface area contributed by atoms with Gasteiger partial charge in [-0.3, -0.25) is 4.68 Å². The fourth-order valence-electron chi connectivity index (χ4n) is 2.92. The molecule has 4 nitrogen and oxygen atoms in total. The average Bonchev–Trinajstić information content (AvgIpc) is 2.97. The Hall–Kier alpha value is -1.97. The summed E-state index contributed by atoms with van der Waals surface area (Å²) < 4.78 is 7.29. The molecule has 4 heteroatoms. The largest absolute Gasteiger partial charge is 0.494 e. The summed E-state index contributed by atoms with van der Waals surface area (Å²) in [5.41, 5.74) is 9.91. The van der Waals surface area contributed by atoms with E-state index < -0.39 is 0 Å². The van der Waals surface area contributed by atoms with Crippen molar-refractivity contribution >= 4 is 5.82 Å². The predicted octanol–water partition coefficient (Wildman–Crippen LogP) is 3.58. The Kier molecular flexibility index (Phi) is 3.19. The van der Waals surface area contributed by atoms with Crippen molar-refractivity contribution in [1.29, 1.82) is 0 Å². The van der Waals surface area contributed by atoms with Crippen LogP contribution in [0.4, 0.5) is 5.82 Å². The van der Waals surface area contributed by atoms with Crippen molar-refractivity contribution in [1.82, 2.24) is 9.78 Å². The van der Waals surface area contributed by atoms with E-state index in [1.807, 2.05) is 26.1 Å². The molecule has 0 saturated heterocycles. The van der Waals surface area contributed by atoms with E-state index in [0.29, 0.717) is 17.9 Å². The molecule has 1 heterocycles. The van der Waals surface area contributed by atoms with E-state index in [0.717, 1.165) is 28.4 Å². The van der Waals surface area contributed by atoms with E-state index in [4.69, 9.17) is 10.5 Å². The lowest BCUT2D eigenvalue weighted by atomic mass is 9.99. The maximum Gasteiger partial charge on any atom is 0.129 e. The molecular formula is C17H23N3O. The molecule has 1 aliphatic carbocycles. The second-order valence-electron chi connectivity index (χ2n) is 6.47. The lowest BCUT2D eigenvalue weighted by molar-refractivity contribution is 0.340. The Labute approximate surface area is 125 Å². The van der Waals surface area contributed by atoms with Crippen molar-refractivity contribution < 1.29 is 4.74 Å². The summed E-state index contributed by atoms with van der Waals surface area (Å²) in [5, 5.41) is 4.66. The highest BCUT2D eigenvalue weighted by molar-refractivity contribution is 5.78. The Bertz CT molecular complexity index is 655. The van der Waals surface area contributed by atoms with Gasteiger partial charge in [-0.2, -0.15) is 5.10 Å². The molecule has 1 aliphatic rings. The molecular weight excluding hydrogens is 262 g/mol. The van der Waals surface area contributed by atoms with Crippen molar-refractivity contribution in [2.45, 2.75) is 33.1 Å². The second kappa shape index (κ2) is 4.79. The van der Waals surface area contributed by atoms with Crippen LogP contribution in [0.2, 0.25) is 0 Å². The quantitative estimate of drug-likeness (QED) is 0.934. The SMILES string of the molecule is CCOc1ccc(-c2c(C3CC3(C)C)nn(C)c2N)cc1. The minimum Gasteiger partial charge on any atom is -0.494 e. The smallest absolute Gasteiger partial charge is 0.129 e. The van der Waals surface area contributed by atoms with Crippen LogP contribution in [0.15, 0.2) is 24.3 Å². The molecule has 2 aromatic rings. The van der Waals surface area contributed by atoms with E-state index in [1.165, 1.54) is 6.42 Å². The lowest BCUT2D eigenvalue weighted by Crippen LogP contribution is -1.98. The number of hydrogen-bond acceptors (Lipinski definition) is 3. The topological polar surface area (TPSA) is 53.1 Å². The maximum absolute atomic E-state index is 6.26. The Balaban J connectivity index is 2.01. The van der Waals surface area contributed by atoms with Gasteiger partial charge in [0, 0.05) is 18.5 Å². The Morgan fingerprint density at radius 3 is 2.48 bits per heavy atom. The van der Waals surface area contributed by atoms with E-state index in [-0.39, 0.29) is 0 Å². The van der Waals surface area contributed by atoms with Gasteiger partial charge in [-0.15, -0.1) is 0 Å². The molecule has 0 aliphatic heterocycles. The molecule has 0 bridgehead atoms. The number of aryl methyl sites for hydroxylation is 1. The number of ether oxygens (including phenoxy) is 1. The van der Waals surface area contributed by atoms with Gasteiger partial charge >= 0.3 is 0 Å². The highest BCUT2D eigenvalue weighted by atomic mass is 16.5. The number of nitrogens with two attached hydrogens (primary N) is 1. The molecule has 0 spiro atoms. The van der Waals surface area contributed by atoms with Gasteiger partial charge in [0.15, 0.2) is 0 Å². The molecule has 21 heavy (non-hydrogen) atoms. The Morgan fingerprint density at radius 1 is 1.33 bits per heavy atom. The highest BCUT2D eigenvalue weighted by Crippen LogP contribution is 2.60. The van der Waals surface area contributed by atoms with Crippen molar-refractivity contribution in [3.63, 3.8) is 0 Å². The summed E-state index contributed by atoms with van der Waals surface area (Å²) in [6.45, 7) is 7.23. The molecule has 1 unspecified atom stereocenters. The van der Waals surface area contributed by atoms with Gasteiger partial charge in [-0.1, -0.05) is 26.0 Å². The zero-order chi connectivity index (χ0) is 15.2. The summed E-state index contributed by atoms with van der Waals surface area (Å²) in [7, 11) is 1.91. The molecule has 0 radical (unpaired) electrons. The fraction of sp³-hybridized carbons (Fsp3) is 0.471. The summed E-state index contributed by atoms with van der Waals surface area (Å²) >= 11 is 0. The predicted molar refractivity (Wildman–Crippen MR) is 85.4 cm³/mol. The summed E-state index contributed by atoms with van der Waals surface area (Å²) in [4.78, 5) is 0. The Morgan fingerprint density at radius 2 is 1.95 bits per heavy atom. The highest BCUT2D eigenvalue weighted by Gasteiger charge is 2.49. The zero-order valence-electron chi connectivity index (χ0n) is 13.2. The van der Waals surface area contributed by atoms with Crippen molar-refractivity contribution in [3.05, 3.63) is 30.0 Å². The van der Waals surface area contributed by atoms with Gasteiger partial charge < -0.3 is 10.5 Å². The number of nitrogen functional groups attached to an aromatic ring is 1. The van der Waals surface area contributed by atoms with Crippen LogP contribution in [0, 0.1) is 5.41 Å². The van der Waals surface area contributed by atoms with Crippen LogP contribution in [-0.4, -0.2) is 16.4 Å². The first-order chi connectivity index (χ1) is 9.94. The molecule has 1 atom stereocenters. The third kappa shape index (κ3) is 2.39. The van der Waals surface area contributed by atoms with E-state index >= 15 is 0 Å². The first-order valence-corrected chi connectivity index (χ1v) is 7.49. The van der Waals surface area contributed by atoms with Crippen LogP contribution in [0.1, 0.15) is 38.8 Å². The van der Waals surface area contributed by atoms with Crippen LogP contribution in [-0.2, 0) is 7.05 Å². The van der Waals surface area contributed by atoms with Gasteiger partial charge in [0.1, 0.15) is 11.6 Å². The van der Waals surface area contributed by atoms with Gasteiger partial charge in [-0.05, 0) is 36.5 Å². The number of benzene rings is 1. The van der Waals surface area contributed by atoms with Gasteiger partial charge in [0.2, 0.25) is 0 Å². The first kappa shape index (κ1) is 14.0. The van der Waals surface area contributed by atoms with Crippen molar-refractivity contribution in [2.75, 3.05) is 12.3 Å². The van der Waals surface area contributed by atoms with Crippen molar-refractivity contribution in [2.24, 2.45) is 12.5 Å². The number of anilines is 1. The maximum atomic E-state index is 6.26. The molecule has 1 fully saturated rings. The van der Waals surface area contributed by atoms with Crippen LogP contribution in [0.25, 0.3) is 11.1 Å². The molecule has 112 valence electrons. The minimum atomic E-state index is 0.334. The monoisotopic (exact) mass is 285 g/mol. The van der Waals surface area contributed by atoms with Crippen LogP contribution < -0.4 is 10.5 Å². The molecule has 1 aromatic carbocycles.